The Bertz CT molecular complexity index is 299. The van der Waals surface area contributed by atoms with Crippen molar-refractivity contribution >= 4 is 11.3 Å². The van der Waals surface area contributed by atoms with Crippen molar-refractivity contribution in [1.82, 2.24) is 0 Å². The Morgan fingerprint density at radius 2 is 2.47 bits per heavy atom. The zero-order valence-electron chi connectivity index (χ0n) is 8.92. The first-order chi connectivity index (χ1) is 7.18. The molecule has 2 atom stereocenters. The molecule has 2 N–H and O–H groups in total. The van der Waals surface area contributed by atoms with Gasteiger partial charge in [0.2, 0.25) is 0 Å². The van der Waals surface area contributed by atoms with Crippen molar-refractivity contribution in [2.24, 2.45) is 5.73 Å². The van der Waals surface area contributed by atoms with E-state index in [0.29, 0.717) is 19.3 Å². The summed E-state index contributed by atoms with van der Waals surface area (Å²) >= 11 is 1.68. The van der Waals surface area contributed by atoms with Gasteiger partial charge in [0.25, 0.3) is 0 Å². The van der Waals surface area contributed by atoms with Crippen molar-refractivity contribution in [2.45, 2.75) is 50.2 Å². The lowest BCUT2D eigenvalue weighted by atomic mass is 9.80. The number of aryl methyl sites for hydroxylation is 1. The first-order valence-electron chi connectivity index (χ1n) is 5.64. The molecule has 2 unspecified atom stereocenters. The molecular weight excluding hydrogens is 209 g/mol. The fourth-order valence-corrected chi connectivity index (χ4v) is 3.09. The molecule has 15 heavy (non-hydrogen) atoms. The van der Waals surface area contributed by atoms with Crippen molar-refractivity contribution < 1.29 is 4.39 Å². The van der Waals surface area contributed by atoms with E-state index in [1.54, 1.807) is 11.3 Å². The number of alkyl halides is 1. The molecule has 1 heterocycles. The van der Waals surface area contributed by atoms with E-state index in [1.165, 1.54) is 5.56 Å². The molecule has 2 rings (SSSR count). The van der Waals surface area contributed by atoms with E-state index in [4.69, 9.17) is 5.73 Å². The van der Waals surface area contributed by atoms with Crippen LogP contribution in [0.25, 0.3) is 0 Å². The average molecular weight is 227 g/mol. The lowest BCUT2D eigenvalue weighted by molar-refractivity contribution is 0.0865. The summed E-state index contributed by atoms with van der Waals surface area (Å²) in [6.45, 7) is 0. The van der Waals surface area contributed by atoms with Crippen LogP contribution in [0.3, 0.4) is 0 Å². The van der Waals surface area contributed by atoms with Crippen LogP contribution in [0.15, 0.2) is 16.8 Å². The maximum atomic E-state index is 14.3. The molecule has 3 heteroatoms. The smallest absolute Gasteiger partial charge is 0.112 e. The number of nitrogens with two attached hydrogens (primary N) is 1. The number of hydrogen-bond acceptors (Lipinski definition) is 2. The zero-order valence-corrected chi connectivity index (χ0v) is 9.73. The third kappa shape index (κ3) is 3.02. The quantitative estimate of drug-likeness (QED) is 0.842. The van der Waals surface area contributed by atoms with Crippen molar-refractivity contribution in [1.29, 1.82) is 0 Å². The second kappa shape index (κ2) is 4.62. The first-order valence-corrected chi connectivity index (χ1v) is 6.58. The highest BCUT2D eigenvalue weighted by molar-refractivity contribution is 7.07. The van der Waals surface area contributed by atoms with E-state index >= 15 is 0 Å². The van der Waals surface area contributed by atoms with E-state index in [9.17, 15) is 4.39 Å². The molecule has 0 saturated heterocycles. The van der Waals surface area contributed by atoms with Gasteiger partial charge in [-0.15, -0.1) is 0 Å². The lowest BCUT2D eigenvalue weighted by Crippen LogP contribution is -2.38. The molecular formula is C12H18FNS. The van der Waals surface area contributed by atoms with Crippen LogP contribution < -0.4 is 5.73 Å². The Morgan fingerprint density at radius 1 is 1.60 bits per heavy atom. The van der Waals surface area contributed by atoms with Crippen LogP contribution in [0.2, 0.25) is 0 Å². The minimum Gasteiger partial charge on any atom is -0.328 e. The fraction of sp³-hybridized carbons (Fsp3) is 0.667. The van der Waals surface area contributed by atoms with Gasteiger partial charge >= 0.3 is 0 Å². The predicted octanol–water partition coefficient (Wildman–Crippen LogP) is 3.29. The van der Waals surface area contributed by atoms with E-state index in [-0.39, 0.29) is 6.04 Å². The summed E-state index contributed by atoms with van der Waals surface area (Å²) in [4.78, 5) is 0. The van der Waals surface area contributed by atoms with Gasteiger partial charge in [0.15, 0.2) is 0 Å². The standard InChI is InChI=1S/C12H18FNS/c13-12(5-1-2-11(14)8-12)6-3-10-4-7-15-9-10/h4,7,9,11H,1-3,5-6,8,14H2. The highest BCUT2D eigenvalue weighted by Gasteiger charge is 2.34. The molecule has 0 spiro atoms. The highest BCUT2D eigenvalue weighted by atomic mass is 32.1. The van der Waals surface area contributed by atoms with Gasteiger partial charge in [-0.05, 0) is 60.9 Å². The Morgan fingerprint density at radius 3 is 3.13 bits per heavy atom. The van der Waals surface area contributed by atoms with Gasteiger partial charge in [-0.2, -0.15) is 11.3 Å². The Balaban J connectivity index is 1.87. The van der Waals surface area contributed by atoms with Gasteiger partial charge in [0.05, 0.1) is 0 Å². The van der Waals surface area contributed by atoms with Crippen LogP contribution in [0.1, 0.15) is 37.7 Å². The van der Waals surface area contributed by atoms with Crippen LogP contribution in [0.5, 0.6) is 0 Å². The molecule has 84 valence electrons. The van der Waals surface area contributed by atoms with Crippen molar-refractivity contribution in [2.75, 3.05) is 0 Å². The molecule has 1 fully saturated rings. The summed E-state index contributed by atoms with van der Waals surface area (Å²) in [7, 11) is 0. The normalized spacial score (nSPS) is 31.7. The van der Waals surface area contributed by atoms with Gasteiger partial charge in [-0.3, -0.25) is 0 Å². The molecule has 0 aliphatic heterocycles. The Labute approximate surface area is 94.5 Å². The Hall–Kier alpha value is -0.410. The molecule has 0 bridgehead atoms. The SMILES string of the molecule is NC1CCCC(F)(CCc2ccsc2)C1. The fourth-order valence-electron chi connectivity index (χ4n) is 2.39. The number of thiophene rings is 1. The van der Waals surface area contributed by atoms with Gasteiger partial charge < -0.3 is 5.73 Å². The molecule has 0 radical (unpaired) electrons. The molecule has 1 aliphatic rings. The van der Waals surface area contributed by atoms with Crippen molar-refractivity contribution in [3.8, 4) is 0 Å². The summed E-state index contributed by atoms with van der Waals surface area (Å²) in [6.07, 6.45) is 4.68. The largest absolute Gasteiger partial charge is 0.328 e. The van der Waals surface area contributed by atoms with Crippen molar-refractivity contribution in [3.63, 3.8) is 0 Å². The van der Waals surface area contributed by atoms with Crippen LogP contribution in [0, 0.1) is 0 Å². The molecule has 1 aromatic rings. The minimum absolute atomic E-state index is 0.0752. The van der Waals surface area contributed by atoms with Gasteiger partial charge in [-0.1, -0.05) is 0 Å². The summed E-state index contributed by atoms with van der Waals surface area (Å²) in [5, 5.41) is 4.15. The van der Waals surface area contributed by atoms with Gasteiger partial charge in [0.1, 0.15) is 5.67 Å². The topological polar surface area (TPSA) is 26.0 Å². The lowest BCUT2D eigenvalue weighted by Gasteiger charge is -2.33. The molecule has 1 saturated carbocycles. The number of hydrogen-bond donors (Lipinski definition) is 1. The minimum atomic E-state index is -1.00. The second-order valence-electron chi connectivity index (χ2n) is 4.64. The van der Waals surface area contributed by atoms with Crippen LogP contribution in [-0.2, 0) is 6.42 Å². The average Bonchev–Trinajstić information content (AvgIpc) is 2.67. The monoisotopic (exact) mass is 227 g/mol. The van der Waals surface area contributed by atoms with Crippen LogP contribution in [-0.4, -0.2) is 11.7 Å². The predicted molar refractivity (Wildman–Crippen MR) is 62.9 cm³/mol. The third-order valence-corrected chi connectivity index (χ3v) is 4.00. The maximum absolute atomic E-state index is 14.3. The van der Waals surface area contributed by atoms with Gasteiger partial charge in [-0.25, -0.2) is 4.39 Å². The van der Waals surface area contributed by atoms with E-state index in [2.05, 4.69) is 11.4 Å². The highest BCUT2D eigenvalue weighted by Crippen LogP contribution is 2.35. The first kappa shape index (κ1) is 11.1. The molecule has 0 aromatic carbocycles. The van der Waals surface area contributed by atoms with E-state index in [0.717, 1.165) is 19.3 Å². The molecule has 1 nitrogen and oxygen atoms in total. The summed E-state index contributed by atoms with van der Waals surface area (Å²) in [6, 6.07) is 2.16. The molecule has 1 aromatic heterocycles. The molecule has 0 amide bonds. The zero-order chi connectivity index (χ0) is 10.7. The Kier molecular flexibility index (Phi) is 3.42. The third-order valence-electron chi connectivity index (χ3n) is 3.27. The second-order valence-corrected chi connectivity index (χ2v) is 5.42. The maximum Gasteiger partial charge on any atom is 0.112 e. The van der Waals surface area contributed by atoms with Crippen LogP contribution >= 0.6 is 11.3 Å². The van der Waals surface area contributed by atoms with Crippen molar-refractivity contribution in [3.05, 3.63) is 22.4 Å². The van der Waals surface area contributed by atoms with Gasteiger partial charge in [0, 0.05) is 6.04 Å². The van der Waals surface area contributed by atoms with Crippen LogP contribution in [0.4, 0.5) is 4.39 Å². The number of halogens is 1. The van der Waals surface area contributed by atoms with E-state index < -0.39 is 5.67 Å². The molecule has 1 aliphatic carbocycles. The summed E-state index contributed by atoms with van der Waals surface area (Å²) < 4.78 is 14.3. The summed E-state index contributed by atoms with van der Waals surface area (Å²) in [5.41, 5.74) is 6.08. The number of rotatable bonds is 3. The van der Waals surface area contributed by atoms with E-state index in [1.807, 2.05) is 5.38 Å². The summed E-state index contributed by atoms with van der Waals surface area (Å²) in [5.74, 6) is 0.